The SMILES string of the molecule is CC(C)c1cccc(C(C)C)c1Nc1nccc(C(=O)NC2CCCC2)n1. The molecule has 1 aromatic carbocycles. The van der Waals surface area contributed by atoms with E-state index < -0.39 is 0 Å². The highest BCUT2D eigenvalue weighted by Gasteiger charge is 2.20. The monoisotopic (exact) mass is 366 g/mol. The number of hydrogen-bond acceptors (Lipinski definition) is 4. The molecular weight excluding hydrogens is 336 g/mol. The van der Waals surface area contributed by atoms with Crippen LogP contribution in [-0.4, -0.2) is 21.9 Å². The summed E-state index contributed by atoms with van der Waals surface area (Å²) in [5, 5.41) is 6.48. The molecule has 1 fully saturated rings. The second-order valence-corrected chi connectivity index (χ2v) is 7.97. The number of aromatic nitrogens is 2. The third-order valence-corrected chi connectivity index (χ3v) is 5.19. The van der Waals surface area contributed by atoms with Gasteiger partial charge in [0.05, 0.1) is 0 Å². The average molecular weight is 367 g/mol. The van der Waals surface area contributed by atoms with E-state index in [1.165, 1.54) is 24.0 Å². The van der Waals surface area contributed by atoms with Crippen LogP contribution in [0.3, 0.4) is 0 Å². The highest BCUT2D eigenvalue weighted by molar-refractivity contribution is 5.92. The molecule has 0 bridgehead atoms. The number of nitrogens with one attached hydrogen (secondary N) is 2. The van der Waals surface area contributed by atoms with Gasteiger partial charge in [-0.25, -0.2) is 9.97 Å². The molecule has 0 spiro atoms. The Balaban J connectivity index is 1.85. The van der Waals surface area contributed by atoms with Crippen LogP contribution in [0, 0.1) is 0 Å². The van der Waals surface area contributed by atoms with Gasteiger partial charge in [-0.1, -0.05) is 58.7 Å². The minimum atomic E-state index is -0.117. The van der Waals surface area contributed by atoms with Crippen molar-refractivity contribution >= 4 is 17.5 Å². The number of rotatable bonds is 6. The van der Waals surface area contributed by atoms with E-state index in [9.17, 15) is 4.79 Å². The van der Waals surface area contributed by atoms with Crippen molar-refractivity contribution in [3.05, 3.63) is 47.3 Å². The summed E-state index contributed by atoms with van der Waals surface area (Å²) in [4.78, 5) is 21.4. The molecule has 0 atom stereocenters. The van der Waals surface area contributed by atoms with Crippen molar-refractivity contribution in [3.63, 3.8) is 0 Å². The predicted molar refractivity (Wildman–Crippen MR) is 110 cm³/mol. The largest absolute Gasteiger partial charge is 0.348 e. The van der Waals surface area contributed by atoms with Gasteiger partial charge in [-0.2, -0.15) is 0 Å². The maximum atomic E-state index is 12.5. The second-order valence-electron chi connectivity index (χ2n) is 7.97. The van der Waals surface area contributed by atoms with Gasteiger partial charge in [0.1, 0.15) is 5.69 Å². The molecule has 27 heavy (non-hydrogen) atoms. The van der Waals surface area contributed by atoms with Crippen molar-refractivity contribution in [2.45, 2.75) is 71.3 Å². The molecule has 3 rings (SSSR count). The fraction of sp³-hybridized carbons (Fsp3) is 0.500. The van der Waals surface area contributed by atoms with Crippen molar-refractivity contribution in [3.8, 4) is 0 Å². The summed E-state index contributed by atoms with van der Waals surface area (Å²) in [6.45, 7) is 8.71. The smallest absolute Gasteiger partial charge is 0.270 e. The Morgan fingerprint density at radius 2 is 1.67 bits per heavy atom. The van der Waals surface area contributed by atoms with Crippen LogP contribution in [0.25, 0.3) is 0 Å². The number of carbonyl (C=O) groups excluding carboxylic acids is 1. The number of hydrogen-bond donors (Lipinski definition) is 2. The van der Waals surface area contributed by atoms with Crippen LogP contribution in [0.15, 0.2) is 30.5 Å². The highest BCUT2D eigenvalue weighted by Crippen LogP contribution is 2.33. The van der Waals surface area contributed by atoms with Gasteiger partial charge in [-0.05, 0) is 41.9 Å². The average Bonchev–Trinajstić information content (AvgIpc) is 3.14. The fourth-order valence-corrected chi connectivity index (χ4v) is 3.68. The summed E-state index contributed by atoms with van der Waals surface area (Å²) in [7, 11) is 0. The lowest BCUT2D eigenvalue weighted by Crippen LogP contribution is -2.33. The van der Waals surface area contributed by atoms with Gasteiger partial charge >= 0.3 is 0 Å². The van der Waals surface area contributed by atoms with E-state index in [4.69, 9.17) is 0 Å². The number of para-hydroxylation sites is 1. The van der Waals surface area contributed by atoms with Gasteiger partial charge in [-0.3, -0.25) is 4.79 Å². The number of carbonyl (C=O) groups is 1. The summed E-state index contributed by atoms with van der Waals surface area (Å²) < 4.78 is 0. The minimum absolute atomic E-state index is 0.117. The Labute approximate surface area is 162 Å². The summed E-state index contributed by atoms with van der Waals surface area (Å²) in [5.74, 6) is 1.10. The lowest BCUT2D eigenvalue weighted by molar-refractivity contribution is 0.0933. The standard InChI is InChI=1S/C22H30N4O/c1-14(2)17-10-7-11-18(15(3)4)20(17)26-22-23-13-12-19(25-22)21(27)24-16-8-5-6-9-16/h7,10-16H,5-6,8-9H2,1-4H3,(H,24,27)(H,23,25,26). The third-order valence-electron chi connectivity index (χ3n) is 5.19. The normalized spacial score (nSPS) is 14.7. The molecule has 144 valence electrons. The summed E-state index contributed by atoms with van der Waals surface area (Å²) in [6, 6.07) is 8.32. The molecule has 1 amide bonds. The zero-order valence-corrected chi connectivity index (χ0v) is 16.7. The number of amides is 1. The van der Waals surface area contributed by atoms with E-state index in [1.54, 1.807) is 12.3 Å². The van der Waals surface area contributed by atoms with Gasteiger partial charge in [0.15, 0.2) is 0 Å². The Kier molecular flexibility index (Phi) is 6.09. The van der Waals surface area contributed by atoms with Gasteiger partial charge < -0.3 is 10.6 Å². The fourth-order valence-electron chi connectivity index (χ4n) is 3.68. The molecule has 0 aliphatic heterocycles. The predicted octanol–water partition coefficient (Wildman–Crippen LogP) is 5.14. The van der Waals surface area contributed by atoms with Crippen LogP contribution >= 0.6 is 0 Å². The first-order valence-electron chi connectivity index (χ1n) is 9.99. The van der Waals surface area contributed by atoms with E-state index >= 15 is 0 Å². The molecular formula is C22H30N4O. The Hall–Kier alpha value is -2.43. The van der Waals surface area contributed by atoms with Crippen LogP contribution < -0.4 is 10.6 Å². The number of benzene rings is 1. The molecule has 0 saturated heterocycles. The second kappa shape index (κ2) is 8.51. The lowest BCUT2D eigenvalue weighted by atomic mass is 9.93. The first kappa shape index (κ1) is 19.3. The van der Waals surface area contributed by atoms with E-state index in [2.05, 4.69) is 66.5 Å². The van der Waals surface area contributed by atoms with Crippen LogP contribution in [-0.2, 0) is 0 Å². The zero-order chi connectivity index (χ0) is 19.4. The van der Waals surface area contributed by atoms with Crippen molar-refractivity contribution in [1.82, 2.24) is 15.3 Å². The minimum Gasteiger partial charge on any atom is -0.348 e. The Morgan fingerprint density at radius 1 is 1.04 bits per heavy atom. The van der Waals surface area contributed by atoms with E-state index in [1.807, 2.05) is 0 Å². The Bertz CT molecular complexity index is 768. The van der Waals surface area contributed by atoms with Crippen molar-refractivity contribution in [2.24, 2.45) is 0 Å². The van der Waals surface area contributed by atoms with Crippen LogP contribution in [0.2, 0.25) is 0 Å². The summed E-state index contributed by atoms with van der Waals surface area (Å²) in [5.41, 5.74) is 3.92. The van der Waals surface area contributed by atoms with Gasteiger partial charge in [0, 0.05) is 17.9 Å². The molecule has 2 N–H and O–H groups in total. The van der Waals surface area contributed by atoms with Crippen LogP contribution in [0.4, 0.5) is 11.6 Å². The quantitative estimate of drug-likeness (QED) is 0.743. The topological polar surface area (TPSA) is 66.9 Å². The maximum Gasteiger partial charge on any atom is 0.270 e. The molecule has 1 aliphatic carbocycles. The molecule has 1 saturated carbocycles. The van der Waals surface area contributed by atoms with E-state index in [-0.39, 0.29) is 11.9 Å². The molecule has 0 radical (unpaired) electrons. The third kappa shape index (κ3) is 4.65. The van der Waals surface area contributed by atoms with Gasteiger partial charge in [-0.15, -0.1) is 0 Å². The molecule has 2 aromatic rings. The zero-order valence-electron chi connectivity index (χ0n) is 16.7. The number of anilines is 2. The van der Waals surface area contributed by atoms with E-state index in [0.29, 0.717) is 23.5 Å². The molecule has 5 heteroatoms. The molecule has 1 aromatic heterocycles. The van der Waals surface area contributed by atoms with Crippen molar-refractivity contribution in [1.29, 1.82) is 0 Å². The number of nitrogens with zero attached hydrogens (tertiary/aromatic N) is 2. The van der Waals surface area contributed by atoms with Crippen LogP contribution in [0.5, 0.6) is 0 Å². The van der Waals surface area contributed by atoms with Crippen molar-refractivity contribution < 1.29 is 4.79 Å². The van der Waals surface area contributed by atoms with Crippen molar-refractivity contribution in [2.75, 3.05) is 5.32 Å². The van der Waals surface area contributed by atoms with Gasteiger partial charge in [0.25, 0.3) is 5.91 Å². The Morgan fingerprint density at radius 3 is 2.26 bits per heavy atom. The maximum absolute atomic E-state index is 12.5. The first-order chi connectivity index (χ1) is 13.0. The first-order valence-corrected chi connectivity index (χ1v) is 9.99. The highest BCUT2D eigenvalue weighted by atomic mass is 16.1. The van der Waals surface area contributed by atoms with E-state index in [0.717, 1.165) is 18.5 Å². The molecule has 1 aliphatic rings. The van der Waals surface area contributed by atoms with Crippen LogP contribution in [0.1, 0.15) is 86.8 Å². The molecule has 5 nitrogen and oxygen atoms in total. The summed E-state index contributed by atoms with van der Waals surface area (Å²) in [6.07, 6.45) is 6.13. The molecule has 1 heterocycles. The lowest BCUT2D eigenvalue weighted by Gasteiger charge is -2.20. The molecule has 0 unspecified atom stereocenters. The summed E-state index contributed by atoms with van der Waals surface area (Å²) >= 11 is 0. The van der Waals surface area contributed by atoms with Gasteiger partial charge in [0.2, 0.25) is 5.95 Å².